The number of ether oxygens (including phenoxy) is 1. The Hall–Kier alpha value is -2.15. The molecule has 0 spiro atoms. The predicted molar refractivity (Wildman–Crippen MR) is 102 cm³/mol. The molecule has 0 aliphatic heterocycles. The van der Waals surface area contributed by atoms with E-state index in [2.05, 4.69) is 41.3 Å². The molecular formula is C16H13BrF6N4OS. The van der Waals surface area contributed by atoms with E-state index in [0.29, 0.717) is 5.69 Å². The molecule has 5 nitrogen and oxygen atoms in total. The Morgan fingerprint density at radius 2 is 1.66 bits per heavy atom. The Morgan fingerprint density at radius 1 is 1.00 bits per heavy atom. The van der Waals surface area contributed by atoms with Crippen molar-refractivity contribution >= 4 is 44.9 Å². The van der Waals surface area contributed by atoms with Crippen LogP contribution in [0.1, 0.15) is 12.1 Å². The topological polar surface area (TPSA) is 59.1 Å². The molecule has 1 heterocycles. The fourth-order valence-electron chi connectivity index (χ4n) is 1.95. The molecule has 0 saturated heterocycles. The van der Waals surface area contributed by atoms with E-state index in [0.717, 1.165) is 10.5 Å². The van der Waals surface area contributed by atoms with Crippen molar-refractivity contribution in [2.75, 3.05) is 17.2 Å². The van der Waals surface area contributed by atoms with Crippen LogP contribution in [0.25, 0.3) is 0 Å². The van der Waals surface area contributed by atoms with Crippen LogP contribution in [0.5, 0.6) is 5.88 Å². The third-order valence-corrected chi connectivity index (χ3v) is 3.86. The van der Waals surface area contributed by atoms with E-state index in [1.54, 1.807) is 24.3 Å². The molecule has 13 heteroatoms. The van der Waals surface area contributed by atoms with Crippen molar-refractivity contribution in [3.63, 3.8) is 0 Å². The van der Waals surface area contributed by atoms with Gasteiger partial charge in [-0.2, -0.15) is 31.3 Å². The lowest BCUT2D eigenvalue weighted by molar-refractivity contribution is -0.154. The summed E-state index contributed by atoms with van der Waals surface area (Å²) in [6.07, 6.45) is -10.9. The van der Waals surface area contributed by atoms with E-state index in [4.69, 9.17) is 12.2 Å². The Labute approximate surface area is 175 Å². The van der Waals surface area contributed by atoms with Gasteiger partial charge in [-0.1, -0.05) is 15.9 Å². The minimum atomic E-state index is -4.64. The average molecular weight is 503 g/mol. The maximum Gasteiger partial charge on any atom is 0.422 e. The highest BCUT2D eigenvalue weighted by molar-refractivity contribution is 9.10. The van der Waals surface area contributed by atoms with Gasteiger partial charge in [0.15, 0.2) is 11.7 Å². The minimum absolute atomic E-state index is 0.0120. The van der Waals surface area contributed by atoms with Crippen LogP contribution in [0.15, 0.2) is 34.8 Å². The maximum atomic E-state index is 12.5. The van der Waals surface area contributed by atoms with Crippen molar-refractivity contribution in [1.82, 2.24) is 9.97 Å². The molecule has 0 unspecified atom stereocenters. The Bertz CT molecular complexity index is 809. The molecule has 158 valence electrons. The van der Waals surface area contributed by atoms with Crippen molar-refractivity contribution in [2.24, 2.45) is 0 Å². The zero-order valence-electron chi connectivity index (χ0n) is 14.4. The summed E-state index contributed by atoms with van der Waals surface area (Å²) in [7, 11) is 0. The molecule has 0 aliphatic carbocycles. The first-order chi connectivity index (χ1) is 13.4. The highest BCUT2D eigenvalue weighted by Gasteiger charge is 2.29. The standard InChI is InChI=1S/C16H13BrF6N4OS/c17-9-1-3-10(4-2-9)25-14(29)27-13-24-11(5-6-15(18,19)20)7-12(26-13)28-8-16(21,22)23/h1-4,7H,5-6,8H2,(H2,24,25,26,27,29). The van der Waals surface area contributed by atoms with Crippen LogP contribution in [0.2, 0.25) is 0 Å². The quantitative estimate of drug-likeness (QED) is 0.402. The summed E-state index contributed by atoms with van der Waals surface area (Å²) in [6.45, 7) is -1.65. The highest BCUT2D eigenvalue weighted by atomic mass is 79.9. The van der Waals surface area contributed by atoms with E-state index in [1.807, 2.05) is 0 Å². The van der Waals surface area contributed by atoms with Gasteiger partial charge >= 0.3 is 12.4 Å². The average Bonchev–Trinajstić information content (AvgIpc) is 2.59. The lowest BCUT2D eigenvalue weighted by Crippen LogP contribution is -2.22. The van der Waals surface area contributed by atoms with Crippen LogP contribution in [-0.2, 0) is 6.42 Å². The zero-order valence-corrected chi connectivity index (χ0v) is 16.8. The van der Waals surface area contributed by atoms with Gasteiger partial charge in [0.05, 0.1) is 5.69 Å². The number of hydrogen-bond acceptors (Lipinski definition) is 4. The van der Waals surface area contributed by atoms with Gasteiger partial charge in [0.1, 0.15) is 0 Å². The van der Waals surface area contributed by atoms with Crippen molar-refractivity contribution in [3.05, 3.63) is 40.5 Å². The summed E-state index contributed by atoms with van der Waals surface area (Å²) in [5.74, 6) is -0.820. The molecule has 0 radical (unpaired) electrons. The van der Waals surface area contributed by atoms with Crippen molar-refractivity contribution < 1.29 is 31.1 Å². The van der Waals surface area contributed by atoms with Crippen molar-refractivity contribution in [1.29, 1.82) is 0 Å². The monoisotopic (exact) mass is 502 g/mol. The van der Waals surface area contributed by atoms with Gasteiger partial charge < -0.3 is 15.4 Å². The third kappa shape index (κ3) is 9.26. The van der Waals surface area contributed by atoms with Gasteiger partial charge in [-0.3, -0.25) is 0 Å². The number of hydrogen-bond donors (Lipinski definition) is 2. The number of aryl methyl sites for hydroxylation is 1. The molecule has 2 N–H and O–H groups in total. The van der Waals surface area contributed by atoms with Gasteiger partial charge in [0, 0.05) is 22.6 Å². The summed E-state index contributed by atoms with van der Waals surface area (Å²) < 4.78 is 79.8. The van der Waals surface area contributed by atoms with Gasteiger partial charge in [-0.05, 0) is 42.9 Å². The van der Waals surface area contributed by atoms with Gasteiger partial charge in [0.2, 0.25) is 11.8 Å². The molecule has 2 rings (SSSR count). The number of alkyl halides is 6. The van der Waals surface area contributed by atoms with Crippen molar-refractivity contribution in [3.8, 4) is 5.88 Å². The Balaban J connectivity index is 2.14. The predicted octanol–water partition coefficient (Wildman–Crippen LogP) is 5.48. The van der Waals surface area contributed by atoms with Crippen molar-refractivity contribution in [2.45, 2.75) is 25.2 Å². The minimum Gasteiger partial charge on any atom is -0.468 e. The smallest absolute Gasteiger partial charge is 0.422 e. The SMILES string of the molecule is FC(F)(F)CCc1cc(OCC(F)(F)F)nc(NC(=S)Nc2ccc(Br)cc2)n1. The first-order valence-electron chi connectivity index (χ1n) is 7.87. The fraction of sp³-hybridized carbons (Fsp3) is 0.312. The number of benzene rings is 1. The van der Waals surface area contributed by atoms with Gasteiger partial charge in [0.25, 0.3) is 0 Å². The Kier molecular flexibility index (Phi) is 7.63. The second kappa shape index (κ2) is 9.57. The highest BCUT2D eigenvalue weighted by Crippen LogP contribution is 2.24. The van der Waals surface area contributed by atoms with E-state index >= 15 is 0 Å². The van der Waals surface area contributed by atoms with Crippen LogP contribution in [-0.4, -0.2) is 34.0 Å². The first-order valence-corrected chi connectivity index (χ1v) is 9.07. The summed E-state index contributed by atoms with van der Waals surface area (Å²) in [4.78, 5) is 7.57. The summed E-state index contributed by atoms with van der Waals surface area (Å²) in [6, 6.07) is 7.78. The molecule has 1 aromatic heterocycles. The van der Waals surface area contributed by atoms with Gasteiger partial charge in [-0.15, -0.1) is 0 Å². The Morgan fingerprint density at radius 3 is 2.24 bits per heavy atom. The third-order valence-electron chi connectivity index (χ3n) is 3.13. The fourth-order valence-corrected chi connectivity index (χ4v) is 2.43. The van der Waals surface area contributed by atoms with E-state index in [1.165, 1.54) is 0 Å². The molecule has 1 aromatic carbocycles. The molecule has 0 amide bonds. The van der Waals surface area contributed by atoms with Crippen LogP contribution in [0, 0.1) is 0 Å². The van der Waals surface area contributed by atoms with E-state index in [9.17, 15) is 26.3 Å². The summed E-state index contributed by atoms with van der Waals surface area (Å²) in [5, 5.41) is 5.30. The number of nitrogens with one attached hydrogen (secondary N) is 2. The van der Waals surface area contributed by atoms with Crippen LogP contribution in [0.4, 0.5) is 38.0 Å². The normalized spacial score (nSPS) is 11.8. The molecule has 0 fully saturated rings. The molecule has 0 aliphatic rings. The molecule has 0 bridgehead atoms. The van der Waals surface area contributed by atoms with E-state index < -0.39 is 37.7 Å². The number of rotatable bonds is 6. The molecule has 29 heavy (non-hydrogen) atoms. The number of aromatic nitrogens is 2. The lowest BCUT2D eigenvalue weighted by atomic mass is 10.2. The number of nitrogens with zero attached hydrogens (tertiary/aromatic N) is 2. The molecule has 0 atom stereocenters. The number of thiocarbonyl (C=S) groups is 1. The van der Waals surface area contributed by atoms with Crippen LogP contribution >= 0.6 is 28.1 Å². The van der Waals surface area contributed by atoms with E-state index in [-0.39, 0.29) is 16.8 Å². The summed E-state index contributed by atoms with van der Waals surface area (Å²) >= 11 is 8.34. The largest absolute Gasteiger partial charge is 0.468 e. The van der Waals surface area contributed by atoms with Crippen LogP contribution in [0.3, 0.4) is 0 Å². The zero-order chi connectivity index (χ0) is 21.7. The first kappa shape index (κ1) is 23.1. The maximum absolute atomic E-state index is 12.5. The second-order valence-electron chi connectivity index (χ2n) is 5.63. The number of halogens is 7. The molecule has 0 saturated carbocycles. The molecular weight excluding hydrogens is 490 g/mol. The second-order valence-corrected chi connectivity index (χ2v) is 6.95. The summed E-state index contributed by atoms with van der Waals surface area (Å²) in [5.41, 5.74) is 0.441. The van der Waals surface area contributed by atoms with Crippen LogP contribution < -0.4 is 15.4 Å². The van der Waals surface area contributed by atoms with Gasteiger partial charge in [-0.25, -0.2) is 4.98 Å². The number of anilines is 2. The lowest BCUT2D eigenvalue weighted by Gasteiger charge is -2.13. The molecule has 2 aromatic rings.